The second-order valence-electron chi connectivity index (χ2n) is 6.82. The molecule has 4 rings (SSSR count). The van der Waals surface area contributed by atoms with Gasteiger partial charge in [-0.3, -0.25) is 4.79 Å². The summed E-state index contributed by atoms with van der Waals surface area (Å²) in [6, 6.07) is 27.3. The highest BCUT2D eigenvalue weighted by atomic mass is 16.5. The van der Waals surface area contributed by atoms with Crippen molar-refractivity contribution in [2.24, 2.45) is 0 Å². The molecule has 30 heavy (non-hydrogen) atoms. The highest BCUT2D eigenvalue weighted by Crippen LogP contribution is 2.30. The fourth-order valence-corrected chi connectivity index (χ4v) is 3.53. The molecule has 4 heteroatoms. The fraction of sp³-hybridized carbons (Fsp3) is 0.0769. The second kappa shape index (κ2) is 8.50. The van der Waals surface area contributed by atoms with Crippen LogP contribution in [0.25, 0.3) is 27.6 Å². The molecule has 1 amide bonds. The van der Waals surface area contributed by atoms with Crippen LogP contribution in [0.2, 0.25) is 0 Å². The number of ether oxygens (including phenoxy) is 1. The lowest BCUT2D eigenvalue weighted by Gasteiger charge is -2.10. The molecule has 0 saturated carbocycles. The quantitative estimate of drug-likeness (QED) is 0.260. The zero-order valence-electron chi connectivity index (χ0n) is 16.6. The summed E-state index contributed by atoms with van der Waals surface area (Å²) < 4.78 is 5.48. The molecule has 4 nitrogen and oxygen atoms in total. The topological polar surface area (TPSA) is 62.1 Å². The van der Waals surface area contributed by atoms with Gasteiger partial charge in [-0.05, 0) is 58.3 Å². The van der Waals surface area contributed by atoms with Crippen LogP contribution in [-0.2, 0) is 4.79 Å². The van der Waals surface area contributed by atoms with E-state index in [-0.39, 0.29) is 5.57 Å². The number of anilines is 1. The smallest absolute Gasteiger partial charge is 0.266 e. The summed E-state index contributed by atoms with van der Waals surface area (Å²) >= 11 is 0. The minimum atomic E-state index is -0.455. The fourth-order valence-electron chi connectivity index (χ4n) is 3.53. The van der Waals surface area contributed by atoms with Crippen molar-refractivity contribution in [1.82, 2.24) is 0 Å². The van der Waals surface area contributed by atoms with Gasteiger partial charge in [0.25, 0.3) is 5.91 Å². The average molecular weight is 392 g/mol. The van der Waals surface area contributed by atoms with E-state index < -0.39 is 5.91 Å². The van der Waals surface area contributed by atoms with Crippen molar-refractivity contribution in [3.63, 3.8) is 0 Å². The first-order chi connectivity index (χ1) is 14.7. The zero-order chi connectivity index (χ0) is 20.9. The van der Waals surface area contributed by atoms with Crippen LogP contribution in [0, 0.1) is 11.3 Å². The maximum absolute atomic E-state index is 12.8. The number of hydrogen-bond donors (Lipinski definition) is 1. The van der Waals surface area contributed by atoms with Crippen molar-refractivity contribution < 1.29 is 9.53 Å². The molecule has 0 aliphatic heterocycles. The molecule has 1 N–H and O–H groups in total. The van der Waals surface area contributed by atoms with Gasteiger partial charge < -0.3 is 10.1 Å². The summed E-state index contributed by atoms with van der Waals surface area (Å²) in [7, 11) is 0. The average Bonchev–Trinajstić information content (AvgIpc) is 2.77. The third kappa shape index (κ3) is 3.87. The molecule has 146 valence electrons. The Kier molecular flexibility index (Phi) is 5.45. The van der Waals surface area contributed by atoms with Crippen molar-refractivity contribution in [1.29, 1.82) is 5.26 Å². The summed E-state index contributed by atoms with van der Waals surface area (Å²) in [5.41, 5.74) is 1.48. The van der Waals surface area contributed by atoms with Crippen molar-refractivity contribution >= 4 is 39.2 Å². The lowest BCUT2D eigenvalue weighted by molar-refractivity contribution is -0.112. The summed E-state index contributed by atoms with van der Waals surface area (Å²) in [6.07, 6.45) is 1.67. The lowest BCUT2D eigenvalue weighted by atomic mass is 9.95. The molecule has 0 spiro atoms. The van der Waals surface area contributed by atoms with Gasteiger partial charge in [-0.1, -0.05) is 54.6 Å². The largest absolute Gasteiger partial charge is 0.494 e. The van der Waals surface area contributed by atoms with E-state index in [0.717, 1.165) is 27.1 Å². The maximum Gasteiger partial charge on any atom is 0.266 e. The molecular formula is C26H20N2O2. The minimum absolute atomic E-state index is 0.0401. The van der Waals surface area contributed by atoms with Gasteiger partial charge in [-0.15, -0.1) is 0 Å². The number of nitriles is 1. The van der Waals surface area contributed by atoms with E-state index in [0.29, 0.717) is 18.0 Å². The Labute approximate surface area is 175 Å². The Balaban J connectivity index is 1.77. The highest BCUT2D eigenvalue weighted by molar-refractivity contribution is 6.14. The normalized spacial score (nSPS) is 11.3. The molecule has 4 aromatic carbocycles. The Hall–Kier alpha value is -4.10. The Morgan fingerprint density at radius 3 is 2.27 bits per heavy atom. The number of carbonyl (C=O) groups is 1. The van der Waals surface area contributed by atoms with Crippen LogP contribution >= 0.6 is 0 Å². The summed E-state index contributed by atoms with van der Waals surface area (Å²) in [5.74, 6) is 0.209. The van der Waals surface area contributed by atoms with Gasteiger partial charge in [0.15, 0.2) is 0 Å². The van der Waals surface area contributed by atoms with E-state index in [1.165, 1.54) is 0 Å². The second-order valence-corrected chi connectivity index (χ2v) is 6.82. The number of rotatable bonds is 5. The monoisotopic (exact) mass is 392 g/mol. The van der Waals surface area contributed by atoms with Gasteiger partial charge in [-0.2, -0.15) is 5.26 Å². The molecule has 0 atom stereocenters. The number of carbonyl (C=O) groups excluding carboxylic acids is 1. The summed E-state index contributed by atoms with van der Waals surface area (Å²) in [4.78, 5) is 12.8. The highest BCUT2D eigenvalue weighted by Gasteiger charge is 2.13. The zero-order valence-corrected chi connectivity index (χ0v) is 16.6. The molecule has 0 aliphatic rings. The predicted molar refractivity (Wildman–Crippen MR) is 121 cm³/mol. The predicted octanol–water partition coefficient (Wildman–Crippen LogP) is 5.94. The molecule has 0 aromatic heterocycles. The van der Waals surface area contributed by atoms with Crippen LogP contribution in [0.3, 0.4) is 0 Å². The van der Waals surface area contributed by atoms with E-state index in [1.807, 2.05) is 61.5 Å². The van der Waals surface area contributed by atoms with Gasteiger partial charge in [0, 0.05) is 11.8 Å². The molecule has 0 saturated heterocycles. The minimum Gasteiger partial charge on any atom is -0.494 e. The molecule has 0 radical (unpaired) electrons. The van der Waals surface area contributed by atoms with Gasteiger partial charge in [0.2, 0.25) is 0 Å². The van der Waals surface area contributed by atoms with Crippen molar-refractivity contribution in [2.45, 2.75) is 6.92 Å². The van der Waals surface area contributed by atoms with E-state index in [1.54, 1.807) is 24.3 Å². The van der Waals surface area contributed by atoms with Crippen LogP contribution in [0.5, 0.6) is 5.75 Å². The van der Waals surface area contributed by atoms with Crippen LogP contribution in [0.4, 0.5) is 5.69 Å². The number of amides is 1. The van der Waals surface area contributed by atoms with E-state index in [2.05, 4.69) is 17.5 Å². The Morgan fingerprint density at radius 1 is 0.967 bits per heavy atom. The van der Waals surface area contributed by atoms with E-state index in [4.69, 9.17) is 4.74 Å². The first-order valence-corrected chi connectivity index (χ1v) is 9.76. The first kappa shape index (κ1) is 19.2. The Morgan fingerprint density at radius 2 is 1.63 bits per heavy atom. The van der Waals surface area contributed by atoms with Crippen molar-refractivity contribution in [2.75, 3.05) is 11.9 Å². The molecule has 0 aliphatic carbocycles. The maximum atomic E-state index is 12.8. The molecule has 0 unspecified atom stereocenters. The number of hydrogen-bond acceptors (Lipinski definition) is 3. The SMILES string of the molecule is CCOc1cccc(NC(=O)/C(C#N)=C/c2c3ccccc3cc3ccccc23)c1. The molecule has 0 bridgehead atoms. The van der Waals surface area contributed by atoms with Crippen LogP contribution < -0.4 is 10.1 Å². The van der Waals surface area contributed by atoms with Gasteiger partial charge in [0.05, 0.1) is 6.61 Å². The van der Waals surface area contributed by atoms with Crippen LogP contribution in [0.15, 0.2) is 84.4 Å². The number of benzene rings is 4. The van der Waals surface area contributed by atoms with Crippen molar-refractivity contribution in [3.05, 3.63) is 90.0 Å². The molecule has 0 heterocycles. The lowest BCUT2D eigenvalue weighted by Crippen LogP contribution is -2.13. The summed E-state index contributed by atoms with van der Waals surface area (Å²) in [5, 5.41) is 16.6. The van der Waals surface area contributed by atoms with Gasteiger partial charge in [-0.25, -0.2) is 0 Å². The molecule has 0 fully saturated rings. The van der Waals surface area contributed by atoms with E-state index in [9.17, 15) is 10.1 Å². The van der Waals surface area contributed by atoms with Crippen LogP contribution in [0.1, 0.15) is 12.5 Å². The number of fused-ring (bicyclic) bond motifs is 2. The summed E-state index contributed by atoms with van der Waals surface area (Å²) in [6.45, 7) is 2.44. The van der Waals surface area contributed by atoms with Crippen molar-refractivity contribution in [3.8, 4) is 11.8 Å². The van der Waals surface area contributed by atoms with Crippen LogP contribution in [-0.4, -0.2) is 12.5 Å². The van der Waals surface area contributed by atoms with Gasteiger partial charge in [0.1, 0.15) is 17.4 Å². The number of nitrogens with one attached hydrogen (secondary N) is 1. The third-order valence-electron chi connectivity index (χ3n) is 4.87. The third-order valence-corrected chi connectivity index (χ3v) is 4.87. The number of nitrogens with zero attached hydrogens (tertiary/aromatic N) is 1. The Bertz CT molecular complexity index is 1260. The van der Waals surface area contributed by atoms with Gasteiger partial charge >= 0.3 is 0 Å². The molecule has 4 aromatic rings. The van der Waals surface area contributed by atoms with E-state index >= 15 is 0 Å². The first-order valence-electron chi connectivity index (χ1n) is 9.76. The molecular weight excluding hydrogens is 372 g/mol. The standard InChI is InChI=1S/C26H20N2O2/c1-2-30-22-11-7-10-21(16-22)28-26(29)20(17-27)15-25-23-12-5-3-8-18(23)14-19-9-4-6-13-24(19)25/h3-16H,2H2,1H3,(H,28,29)/b20-15+.